The second-order valence-electron chi connectivity index (χ2n) is 5.79. The Balaban J connectivity index is 1.64. The Morgan fingerprint density at radius 2 is 1.79 bits per heavy atom. The fourth-order valence-corrected chi connectivity index (χ4v) is 3.40. The average molecular weight is 417 g/mol. The molecule has 6 nitrogen and oxygen atoms in total. The lowest BCUT2D eigenvalue weighted by atomic mass is 10.2. The lowest BCUT2D eigenvalue weighted by Crippen LogP contribution is -2.11. The van der Waals surface area contributed by atoms with Gasteiger partial charge in [0.25, 0.3) is 5.91 Å². The molecule has 0 spiro atoms. The van der Waals surface area contributed by atoms with Gasteiger partial charge < -0.3 is 14.8 Å². The Bertz CT molecular complexity index is 984. The van der Waals surface area contributed by atoms with Crippen LogP contribution in [0.5, 0.6) is 5.75 Å². The van der Waals surface area contributed by atoms with Crippen molar-refractivity contribution >= 4 is 40.5 Å². The topological polar surface area (TPSA) is 77.5 Å². The zero-order valence-electron chi connectivity index (χ0n) is 15.2. The molecule has 0 atom stereocenters. The van der Waals surface area contributed by atoms with E-state index in [1.165, 1.54) is 18.4 Å². The van der Waals surface area contributed by atoms with Crippen LogP contribution in [0.4, 0.5) is 5.69 Å². The minimum absolute atomic E-state index is 0.258. The van der Waals surface area contributed by atoms with Crippen molar-refractivity contribution in [3.05, 3.63) is 74.7 Å². The van der Waals surface area contributed by atoms with Gasteiger partial charge in [-0.05, 0) is 55.5 Å². The van der Waals surface area contributed by atoms with E-state index in [1.54, 1.807) is 55.5 Å². The molecule has 0 saturated heterocycles. The van der Waals surface area contributed by atoms with Crippen LogP contribution >= 0.6 is 22.9 Å². The quantitative estimate of drug-likeness (QED) is 0.588. The Morgan fingerprint density at radius 1 is 1.11 bits per heavy atom. The maximum atomic E-state index is 12.5. The fourth-order valence-electron chi connectivity index (χ4n) is 2.40. The SMILES string of the molecule is COC(=O)c1ccc(NC(=O)c2sc(COc3ccc(Cl)cc3)nc2C)cc1. The van der Waals surface area contributed by atoms with E-state index in [0.717, 1.165) is 0 Å². The third-order valence-corrected chi connectivity index (χ3v) is 5.17. The van der Waals surface area contributed by atoms with Crippen LogP contribution in [0.25, 0.3) is 0 Å². The van der Waals surface area contributed by atoms with Crippen molar-refractivity contribution in [2.24, 2.45) is 0 Å². The van der Waals surface area contributed by atoms with Crippen LogP contribution in [-0.4, -0.2) is 24.0 Å². The molecule has 1 heterocycles. The first-order valence-corrected chi connectivity index (χ1v) is 9.50. The lowest BCUT2D eigenvalue weighted by molar-refractivity contribution is 0.0600. The number of hydrogen-bond acceptors (Lipinski definition) is 6. The highest BCUT2D eigenvalue weighted by molar-refractivity contribution is 7.13. The van der Waals surface area contributed by atoms with Crippen molar-refractivity contribution in [1.82, 2.24) is 4.98 Å². The van der Waals surface area contributed by atoms with Crippen molar-refractivity contribution < 1.29 is 19.1 Å². The number of benzene rings is 2. The number of hydrogen-bond donors (Lipinski definition) is 1. The van der Waals surface area contributed by atoms with Crippen LogP contribution in [0, 0.1) is 6.92 Å². The molecule has 1 aromatic heterocycles. The molecule has 0 aliphatic rings. The standard InChI is InChI=1S/C20H17ClN2O4S/c1-12-18(19(24)23-15-7-3-13(4-8-15)20(25)26-2)28-17(22-12)11-27-16-9-5-14(21)6-10-16/h3-10H,11H2,1-2H3,(H,23,24). The van der Waals surface area contributed by atoms with Gasteiger partial charge in [0.2, 0.25) is 0 Å². The van der Waals surface area contributed by atoms with Crippen LogP contribution in [-0.2, 0) is 11.3 Å². The molecule has 144 valence electrons. The van der Waals surface area contributed by atoms with E-state index in [0.29, 0.717) is 37.6 Å². The molecule has 0 aliphatic heterocycles. The summed E-state index contributed by atoms with van der Waals surface area (Å²) < 4.78 is 10.3. The van der Waals surface area contributed by atoms with Crippen molar-refractivity contribution in [2.75, 3.05) is 12.4 Å². The zero-order valence-corrected chi connectivity index (χ0v) is 16.8. The number of nitrogens with one attached hydrogen (secondary N) is 1. The minimum atomic E-state index is -0.429. The van der Waals surface area contributed by atoms with Gasteiger partial charge in [0.15, 0.2) is 0 Å². The Kier molecular flexibility index (Phi) is 6.28. The molecule has 0 bridgehead atoms. The summed E-state index contributed by atoms with van der Waals surface area (Å²) in [6.45, 7) is 2.03. The first kappa shape index (κ1) is 19.9. The highest BCUT2D eigenvalue weighted by Gasteiger charge is 2.16. The summed E-state index contributed by atoms with van der Waals surface area (Å²) >= 11 is 7.13. The van der Waals surface area contributed by atoms with Gasteiger partial charge in [0.1, 0.15) is 22.2 Å². The molecule has 0 unspecified atom stereocenters. The number of rotatable bonds is 6. The van der Waals surface area contributed by atoms with Gasteiger partial charge in [0.05, 0.1) is 18.4 Å². The van der Waals surface area contributed by atoms with Crippen LogP contribution in [0.3, 0.4) is 0 Å². The van der Waals surface area contributed by atoms with E-state index in [2.05, 4.69) is 15.0 Å². The van der Waals surface area contributed by atoms with Crippen LogP contribution < -0.4 is 10.1 Å². The summed E-state index contributed by atoms with van der Waals surface area (Å²) in [5.74, 6) is -0.0194. The van der Waals surface area contributed by atoms with E-state index < -0.39 is 5.97 Å². The number of aromatic nitrogens is 1. The minimum Gasteiger partial charge on any atom is -0.486 e. The largest absolute Gasteiger partial charge is 0.486 e. The lowest BCUT2D eigenvalue weighted by Gasteiger charge is -2.05. The molecule has 3 rings (SSSR count). The monoisotopic (exact) mass is 416 g/mol. The summed E-state index contributed by atoms with van der Waals surface area (Å²) in [5.41, 5.74) is 1.61. The molecule has 0 saturated carbocycles. The molecule has 3 aromatic rings. The van der Waals surface area contributed by atoms with Gasteiger partial charge in [-0.25, -0.2) is 9.78 Å². The van der Waals surface area contributed by atoms with Crippen LogP contribution in [0.2, 0.25) is 5.02 Å². The third kappa shape index (κ3) is 4.88. The van der Waals surface area contributed by atoms with Gasteiger partial charge in [-0.1, -0.05) is 11.6 Å². The number of carbonyl (C=O) groups excluding carboxylic acids is 2. The van der Waals surface area contributed by atoms with E-state index in [9.17, 15) is 9.59 Å². The molecule has 2 aromatic carbocycles. The van der Waals surface area contributed by atoms with Crippen LogP contribution in [0.1, 0.15) is 30.7 Å². The van der Waals surface area contributed by atoms with Gasteiger partial charge in [-0.2, -0.15) is 0 Å². The first-order valence-electron chi connectivity index (χ1n) is 8.30. The van der Waals surface area contributed by atoms with E-state index >= 15 is 0 Å². The van der Waals surface area contributed by atoms with Crippen LogP contribution in [0.15, 0.2) is 48.5 Å². The summed E-state index contributed by atoms with van der Waals surface area (Å²) in [7, 11) is 1.32. The number of amides is 1. The summed E-state index contributed by atoms with van der Waals surface area (Å²) in [4.78, 5) is 28.9. The van der Waals surface area contributed by atoms with Gasteiger partial charge in [-0.3, -0.25) is 4.79 Å². The van der Waals surface area contributed by atoms with E-state index in [4.69, 9.17) is 16.3 Å². The maximum Gasteiger partial charge on any atom is 0.337 e. The summed E-state index contributed by atoms with van der Waals surface area (Å²) in [6.07, 6.45) is 0. The van der Waals surface area contributed by atoms with Crippen molar-refractivity contribution in [1.29, 1.82) is 0 Å². The smallest absolute Gasteiger partial charge is 0.337 e. The molecular weight excluding hydrogens is 400 g/mol. The number of nitrogens with zero attached hydrogens (tertiary/aromatic N) is 1. The second kappa shape index (κ2) is 8.86. The van der Waals surface area contributed by atoms with Crippen molar-refractivity contribution in [3.8, 4) is 5.75 Å². The predicted octanol–water partition coefficient (Wildman–Crippen LogP) is 4.72. The molecule has 1 amide bonds. The highest BCUT2D eigenvalue weighted by Crippen LogP contribution is 2.23. The van der Waals surface area contributed by atoms with E-state index in [1.807, 2.05) is 0 Å². The molecular formula is C20H17ClN2O4S. The third-order valence-electron chi connectivity index (χ3n) is 3.79. The van der Waals surface area contributed by atoms with Gasteiger partial charge >= 0.3 is 5.97 Å². The molecule has 28 heavy (non-hydrogen) atoms. The highest BCUT2D eigenvalue weighted by atomic mass is 35.5. The molecule has 1 N–H and O–H groups in total. The maximum absolute atomic E-state index is 12.5. The van der Waals surface area contributed by atoms with Gasteiger partial charge in [-0.15, -0.1) is 11.3 Å². The number of halogens is 1. The second-order valence-corrected chi connectivity index (χ2v) is 7.31. The van der Waals surface area contributed by atoms with Crippen molar-refractivity contribution in [3.63, 3.8) is 0 Å². The normalized spacial score (nSPS) is 10.4. The number of ether oxygens (including phenoxy) is 2. The molecule has 0 radical (unpaired) electrons. The first-order chi connectivity index (χ1) is 13.5. The number of thiazole rings is 1. The summed E-state index contributed by atoms with van der Waals surface area (Å²) in [6, 6.07) is 13.5. The Morgan fingerprint density at radius 3 is 2.43 bits per heavy atom. The fraction of sp³-hybridized carbons (Fsp3) is 0.150. The van der Waals surface area contributed by atoms with Gasteiger partial charge in [0, 0.05) is 10.7 Å². The Hall–Kier alpha value is -2.90. The molecule has 0 fully saturated rings. The summed E-state index contributed by atoms with van der Waals surface area (Å²) in [5, 5.41) is 4.13. The Labute approximate surface area is 171 Å². The number of aryl methyl sites for hydroxylation is 1. The van der Waals surface area contributed by atoms with Crippen molar-refractivity contribution in [2.45, 2.75) is 13.5 Å². The molecule has 0 aliphatic carbocycles. The predicted molar refractivity (Wildman–Crippen MR) is 108 cm³/mol. The number of esters is 1. The average Bonchev–Trinajstić information content (AvgIpc) is 3.08. The number of anilines is 1. The molecule has 8 heteroatoms. The van der Waals surface area contributed by atoms with E-state index in [-0.39, 0.29) is 12.5 Å². The number of carbonyl (C=O) groups is 2. The number of methoxy groups -OCH3 is 1. The zero-order chi connectivity index (χ0) is 20.1.